The predicted molar refractivity (Wildman–Crippen MR) is 106 cm³/mol. The quantitative estimate of drug-likeness (QED) is 0.561. The Labute approximate surface area is 162 Å². The Morgan fingerprint density at radius 2 is 2.08 bits per heavy atom. The summed E-state index contributed by atoms with van der Waals surface area (Å²) >= 11 is 10.9. The number of rotatable bonds is 4. The van der Waals surface area contributed by atoms with Crippen molar-refractivity contribution in [1.29, 1.82) is 0 Å². The van der Waals surface area contributed by atoms with E-state index in [0.29, 0.717) is 15.7 Å². The molecule has 25 heavy (non-hydrogen) atoms. The minimum Gasteiger partial charge on any atom is -0.496 e. The SMILES string of the molecule is COc1ccc(-c2csc(NC(=O)c3ccc(C)c(Cl)c3)n2)cc1Br. The lowest BCUT2D eigenvalue weighted by molar-refractivity contribution is 0.102. The van der Waals surface area contributed by atoms with Crippen molar-refractivity contribution in [3.05, 3.63) is 62.4 Å². The Morgan fingerprint density at radius 3 is 2.76 bits per heavy atom. The van der Waals surface area contributed by atoms with Crippen molar-refractivity contribution in [2.45, 2.75) is 6.92 Å². The molecule has 0 saturated carbocycles. The Hall–Kier alpha value is -1.89. The average molecular weight is 438 g/mol. The van der Waals surface area contributed by atoms with Gasteiger partial charge < -0.3 is 4.74 Å². The van der Waals surface area contributed by atoms with Gasteiger partial charge in [-0.25, -0.2) is 4.98 Å². The van der Waals surface area contributed by atoms with Crippen LogP contribution >= 0.6 is 38.9 Å². The molecule has 1 heterocycles. The van der Waals surface area contributed by atoms with Crippen LogP contribution < -0.4 is 10.1 Å². The van der Waals surface area contributed by atoms with Gasteiger partial charge in [-0.3, -0.25) is 10.1 Å². The topological polar surface area (TPSA) is 51.2 Å². The number of aryl methyl sites for hydroxylation is 1. The minimum atomic E-state index is -0.237. The van der Waals surface area contributed by atoms with Crippen LogP contribution in [0.15, 0.2) is 46.3 Å². The van der Waals surface area contributed by atoms with E-state index in [0.717, 1.165) is 27.0 Å². The third kappa shape index (κ3) is 4.03. The van der Waals surface area contributed by atoms with Crippen LogP contribution in [0.2, 0.25) is 5.02 Å². The van der Waals surface area contributed by atoms with Crippen LogP contribution in [0.4, 0.5) is 5.13 Å². The van der Waals surface area contributed by atoms with E-state index in [-0.39, 0.29) is 5.91 Å². The first-order chi connectivity index (χ1) is 12.0. The average Bonchev–Trinajstić information content (AvgIpc) is 3.05. The van der Waals surface area contributed by atoms with Gasteiger partial charge in [-0.2, -0.15) is 0 Å². The fourth-order valence-corrected chi connectivity index (χ4v) is 3.63. The molecule has 3 rings (SSSR count). The lowest BCUT2D eigenvalue weighted by Gasteiger charge is -2.05. The second-order valence-electron chi connectivity index (χ2n) is 5.31. The van der Waals surface area contributed by atoms with Crippen LogP contribution in [0.1, 0.15) is 15.9 Å². The van der Waals surface area contributed by atoms with Crippen molar-refractivity contribution in [2.75, 3.05) is 12.4 Å². The molecular formula is C18H14BrClN2O2S. The van der Waals surface area contributed by atoms with E-state index >= 15 is 0 Å². The summed E-state index contributed by atoms with van der Waals surface area (Å²) in [7, 11) is 1.62. The summed E-state index contributed by atoms with van der Waals surface area (Å²) in [6.45, 7) is 1.89. The smallest absolute Gasteiger partial charge is 0.257 e. The number of aromatic nitrogens is 1. The van der Waals surface area contributed by atoms with Crippen molar-refractivity contribution in [3.8, 4) is 17.0 Å². The first-order valence-corrected chi connectivity index (χ1v) is 9.40. The maximum absolute atomic E-state index is 12.3. The van der Waals surface area contributed by atoms with Crippen molar-refractivity contribution >= 4 is 49.9 Å². The summed E-state index contributed by atoms with van der Waals surface area (Å²) in [6.07, 6.45) is 0. The van der Waals surface area contributed by atoms with Gasteiger partial charge in [0.05, 0.1) is 17.3 Å². The number of carbonyl (C=O) groups excluding carboxylic acids is 1. The molecule has 0 fully saturated rings. The van der Waals surface area contributed by atoms with Crippen molar-refractivity contribution in [3.63, 3.8) is 0 Å². The number of nitrogens with one attached hydrogen (secondary N) is 1. The number of amides is 1. The molecule has 7 heteroatoms. The molecular weight excluding hydrogens is 424 g/mol. The molecule has 4 nitrogen and oxygen atoms in total. The molecule has 1 amide bonds. The number of anilines is 1. The molecule has 128 valence electrons. The van der Waals surface area contributed by atoms with Crippen LogP contribution in [0.3, 0.4) is 0 Å². The number of hydrogen-bond acceptors (Lipinski definition) is 4. The highest BCUT2D eigenvalue weighted by atomic mass is 79.9. The van der Waals surface area contributed by atoms with E-state index in [1.165, 1.54) is 11.3 Å². The minimum absolute atomic E-state index is 0.237. The number of benzene rings is 2. The molecule has 0 unspecified atom stereocenters. The van der Waals surface area contributed by atoms with Crippen LogP contribution in [0, 0.1) is 6.92 Å². The first-order valence-electron chi connectivity index (χ1n) is 7.35. The molecule has 0 bridgehead atoms. The van der Waals surface area contributed by atoms with Crippen molar-refractivity contribution < 1.29 is 9.53 Å². The monoisotopic (exact) mass is 436 g/mol. The van der Waals surface area contributed by atoms with E-state index in [1.54, 1.807) is 19.2 Å². The van der Waals surface area contributed by atoms with E-state index in [9.17, 15) is 4.79 Å². The van der Waals surface area contributed by atoms with Crippen molar-refractivity contribution in [2.24, 2.45) is 0 Å². The Morgan fingerprint density at radius 1 is 1.28 bits per heavy atom. The normalized spacial score (nSPS) is 10.6. The number of thiazole rings is 1. The standard InChI is InChI=1S/C18H14BrClN2O2S/c1-10-3-4-12(8-14(10)20)17(23)22-18-21-15(9-25-18)11-5-6-16(24-2)13(19)7-11/h3-9H,1-2H3,(H,21,22,23). The summed E-state index contributed by atoms with van der Waals surface area (Å²) in [6, 6.07) is 10.9. The van der Waals surface area contributed by atoms with Gasteiger partial charge in [-0.1, -0.05) is 17.7 Å². The molecule has 0 saturated heterocycles. The molecule has 1 N–H and O–H groups in total. The summed E-state index contributed by atoms with van der Waals surface area (Å²) in [5.41, 5.74) is 3.15. The zero-order valence-electron chi connectivity index (χ0n) is 13.5. The Bertz CT molecular complexity index is 943. The zero-order chi connectivity index (χ0) is 18.0. The van der Waals surface area contributed by atoms with Crippen molar-refractivity contribution in [1.82, 2.24) is 4.98 Å². The number of hydrogen-bond donors (Lipinski definition) is 1. The van der Waals surface area contributed by atoms with E-state index in [1.807, 2.05) is 36.6 Å². The molecule has 0 spiro atoms. The van der Waals surface area contributed by atoms with Crippen LogP contribution in [-0.4, -0.2) is 18.0 Å². The van der Waals surface area contributed by atoms with Gasteiger partial charge in [-0.15, -0.1) is 11.3 Å². The van der Waals surface area contributed by atoms with Gasteiger partial charge in [0, 0.05) is 21.5 Å². The maximum atomic E-state index is 12.3. The van der Waals surface area contributed by atoms with Gasteiger partial charge in [-0.05, 0) is 58.7 Å². The van der Waals surface area contributed by atoms with Crippen LogP contribution in [0.5, 0.6) is 5.75 Å². The molecule has 0 aliphatic rings. The van der Waals surface area contributed by atoms with E-state index < -0.39 is 0 Å². The molecule has 0 radical (unpaired) electrons. The maximum Gasteiger partial charge on any atom is 0.257 e. The summed E-state index contributed by atoms with van der Waals surface area (Å²) in [5.74, 6) is 0.516. The van der Waals surface area contributed by atoms with Crippen LogP contribution in [-0.2, 0) is 0 Å². The van der Waals surface area contributed by atoms with E-state index in [4.69, 9.17) is 16.3 Å². The lowest BCUT2D eigenvalue weighted by atomic mass is 10.1. The molecule has 3 aromatic rings. The Balaban J connectivity index is 1.78. The predicted octanol–water partition coefficient (Wildman–Crippen LogP) is 5.80. The Kier molecular flexibility index (Phi) is 5.42. The first kappa shape index (κ1) is 17.9. The van der Waals surface area contributed by atoms with E-state index in [2.05, 4.69) is 26.2 Å². The highest BCUT2D eigenvalue weighted by molar-refractivity contribution is 9.10. The zero-order valence-corrected chi connectivity index (χ0v) is 16.6. The van der Waals surface area contributed by atoms with Gasteiger partial charge in [0.25, 0.3) is 5.91 Å². The third-order valence-corrected chi connectivity index (χ3v) is 5.39. The highest BCUT2D eigenvalue weighted by Crippen LogP contribution is 2.32. The van der Waals surface area contributed by atoms with Gasteiger partial charge >= 0.3 is 0 Å². The number of nitrogens with zero attached hydrogens (tertiary/aromatic N) is 1. The second-order valence-corrected chi connectivity index (χ2v) is 7.42. The molecule has 2 aromatic carbocycles. The molecule has 1 aromatic heterocycles. The molecule has 0 aliphatic carbocycles. The highest BCUT2D eigenvalue weighted by Gasteiger charge is 2.12. The number of methoxy groups -OCH3 is 1. The lowest BCUT2D eigenvalue weighted by Crippen LogP contribution is -2.11. The number of carbonyl (C=O) groups is 1. The number of ether oxygens (including phenoxy) is 1. The summed E-state index contributed by atoms with van der Waals surface area (Å²) in [5, 5.41) is 5.80. The molecule has 0 aliphatic heterocycles. The fraction of sp³-hybridized carbons (Fsp3) is 0.111. The molecule has 0 atom stereocenters. The van der Waals surface area contributed by atoms with Gasteiger partial charge in [0.2, 0.25) is 0 Å². The second kappa shape index (κ2) is 7.56. The van der Waals surface area contributed by atoms with Gasteiger partial charge in [0.15, 0.2) is 5.13 Å². The van der Waals surface area contributed by atoms with Gasteiger partial charge in [0.1, 0.15) is 5.75 Å². The van der Waals surface area contributed by atoms with Crippen LogP contribution in [0.25, 0.3) is 11.3 Å². The summed E-state index contributed by atoms with van der Waals surface area (Å²) in [4.78, 5) is 16.8. The number of halogens is 2. The third-order valence-electron chi connectivity index (χ3n) is 3.61. The largest absolute Gasteiger partial charge is 0.496 e. The fourth-order valence-electron chi connectivity index (χ4n) is 2.19. The summed E-state index contributed by atoms with van der Waals surface area (Å²) < 4.78 is 6.08.